The second-order valence-electron chi connectivity index (χ2n) is 8.98. The van der Waals surface area contributed by atoms with Crippen LogP contribution in [-0.2, 0) is 22.6 Å². The van der Waals surface area contributed by atoms with E-state index in [0.29, 0.717) is 31.2 Å². The van der Waals surface area contributed by atoms with E-state index in [2.05, 4.69) is 32.1 Å². The summed E-state index contributed by atoms with van der Waals surface area (Å²) in [6.07, 6.45) is 9.33. The molecule has 1 saturated carbocycles. The number of amides is 1. The lowest BCUT2D eigenvalue weighted by molar-refractivity contribution is -0.124. The number of aliphatic hydroxyl groups excluding tert-OH is 1. The van der Waals surface area contributed by atoms with Crippen LogP contribution in [0.15, 0.2) is 24.8 Å². The summed E-state index contributed by atoms with van der Waals surface area (Å²) >= 11 is 0. The molecule has 0 radical (unpaired) electrons. The molecule has 1 saturated heterocycles. The summed E-state index contributed by atoms with van der Waals surface area (Å²) in [5, 5.41) is 20.7. The first-order chi connectivity index (χ1) is 16.4. The number of carbonyl (C=O) groups is 2. The molecular formula is C23H35N7O4. The molecule has 0 spiro atoms. The number of imidazole rings is 1. The van der Waals surface area contributed by atoms with E-state index in [1.54, 1.807) is 18.6 Å². The Morgan fingerprint density at radius 2 is 1.85 bits per heavy atom. The van der Waals surface area contributed by atoms with Crippen molar-refractivity contribution in [1.82, 2.24) is 24.8 Å². The van der Waals surface area contributed by atoms with Gasteiger partial charge in [-0.2, -0.15) is 0 Å². The van der Waals surface area contributed by atoms with Gasteiger partial charge in [0.1, 0.15) is 5.82 Å². The molecule has 2 aromatic rings. The predicted octanol–water partition coefficient (Wildman–Crippen LogP) is 0.785. The Balaban J connectivity index is 0.00000103. The molecule has 1 aliphatic heterocycles. The zero-order valence-corrected chi connectivity index (χ0v) is 20.0. The molecule has 1 aliphatic carbocycles. The normalized spacial score (nSPS) is 23.5. The van der Waals surface area contributed by atoms with Crippen LogP contribution in [0.1, 0.15) is 32.0 Å². The molecule has 2 fully saturated rings. The SMILES string of the molecule is CCc1nccn1CCC(=O)N[C@H]1C[C@H]2CN(c3nccnc3N(C)C)C[C@H]2C[C@@H]1O.O=CO. The average Bonchev–Trinajstić information content (AvgIpc) is 3.44. The van der Waals surface area contributed by atoms with Crippen LogP contribution in [0.5, 0.6) is 0 Å². The summed E-state index contributed by atoms with van der Waals surface area (Å²) < 4.78 is 2.02. The minimum absolute atomic E-state index is 0.0167. The van der Waals surface area contributed by atoms with Crippen molar-refractivity contribution in [2.24, 2.45) is 11.8 Å². The fourth-order valence-electron chi connectivity index (χ4n) is 4.98. The van der Waals surface area contributed by atoms with Gasteiger partial charge >= 0.3 is 0 Å². The third kappa shape index (κ3) is 6.02. The zero-order valence-electron chi connectivity index (χ0n) is 20.0. The maximum absolute atomic E-state index is 12.6. The highest BCUT2D eigenvalue weighted by Gasteiger charge is 2.43. The number of aryl methyl sites for hydroxylation is 2. The highest BCUT2D eigenvalue weighted by atomic mass is 16.3. The van der Waals surface area contributed by atoms with Crippen LogP contribution < -0.4 is 15.1 Å². The largest absolute Gasteiger partial charge is 0.483 e. The fraction of sp³-hybridized carbons (Fsp3) is 0.609. The van der Waals surface area contributed by atoms with Gasteiger partial charge in [0.25, 0.3) is 6.47 Å². The molecule has 2 aromatic heterocycles. The van der Waals surface area contributed by atoms with Crippen molar-refractivity contribution in [3.05, 3.63) is 30.6 Å². The third-order valence-electron chi connectivity index (χ3n) is 6.57. The molecule has 4 rings (SSSR count). The molecule has 11 nitrogen and oxygen atoms in total. The Labute approximate surface area is 199 Å². The van der Waals surface area contributed by atoms with Crippen molar-refractivity contribution in [2.45, 2.75) is 51.3 Å². The van der Waals surface area contributed by atoms with Gasteiger partial charge in [-0.15, -0.1) is 0 Å². The quantitative estimate of drug-likeness (QED) is 0.498. The van der Waals surface area contributed by atoms with Gasteiger partial charge in [0.15, 0.2) is 11.6 Å². The fourth-order valence-corrected chi connectivity index (χ4v) is 4.98. The number of rotatable bonds is 7. The molecule has 4 atom stereocenters. The maximum Gasteiger partial charge on any atom is 0.290 e. The number of nitrogens with one attached hydrogen (secondary N) is 1. The standard InChI is InChI=1S/C22H33N7O2.CH2O2/c1-4-19-23-8-10-28(19)9-5-20(31)26-17-11-15-13-29(14-16(15)12-18(17)30)22-21(27(2)3)24-6-7-25-22;2-1-3/h6-8,10,15-18,30H,4-5,9,11-14H2,1-3H3,(H,26,31);1H,(H,2,3)/t15-,16+,17-,18-;/m0./s1. The molecule has 1 amide bonds. The molecule has 34 heavy (non-hydrogen) atoms. The molecule has 0 unspecified atom stereocenters. The number of aromatic nitrogens is 4. The van der Waals surface area contributed by atoms with Gasteiger partial charge < -0.3 is 29.9 Å². The van der Waals surface area contributed by atoms with Crippen molar-refractivity contribution < 1.29 is 19.8 Å². The highest BCUT2D eigenvalue weighted by molar-refractivity contribution is 5.76. The molecule has 0 bridgehead atoms. The van der Waals surface area contributed by atoms with Crippen LogP contribution in [-0.4, -0.2) is 81.4 Å². The van der Waals surface area contributed by atoms with E-state index in [-0.39, 0.29) is 18.4 Å². The number of hydrogen-bond donors (Lipinski definition) is 3. The van der Waals surface area contributed by atoms with E-state index in [9.17, 15) is 9.90 Å². The van der Waals surface area contributed by atoms with Gasteiger partial charge in [-0.3, -0.25) is 9.59 Å². The Morgan fingerprint density at radius 3 is 2.53 bits per heavy atom. The summed E-state index contributed by atoms with van der Waals surface area (Å²) in [6, 6.07) is -0.197. The predicted molar refractivity (Wildman–Crippen MR) is 128 cm³/mol. The summed E-state index contributed by atoms with van der Waals surface area (Å²) in [5.41, 5.74) is 0. The van der Waals surface area contributed by atoms with Crippen LogP contribution in [0.25, 0.3) is 0 Å². The first-order valence-electron chi connectivity index (χ1n) is 11.7. The number of carbonyl (C=O) groups excluding carboxylic acids is 1. The number of nitrogens with zero attached hydrogens (tertiary/aromatic N) is 6. The molecule has 3 N–H and O–H groups in total. The summed E-state index contributed by atoms with van der Waals surface area (Å²) in [7, 11) is 3.94. The summed E-state index contributed by atoms with van der Waals surface area (Å²) in [6.45, 7) is 4.15. The van der Waals surface area contributed by atoms with E-state index >= 15 is 0 Å². The Kier molecular flexibility index (Phi) is 8.80. The second-order valence-corrected chi connectivity index (χ2v) is 8.98. The summed E-state index contributed by atoms with van der Waals surface area (Å²) in [4.78, 5) is 38.5. The van der Waals surface area contributed by atoms with E-state index in [4.69, 9.17) is 9.90 Å². The molecule has 186 valence electrons. The van der Waals surface area contributed by atoms with Crippen LogP contribution >= 0.6 is 0 Å². The molecular weight excluding hydrogens is 438 g/mol. The van der Waals surface area contributed by atoms with Crippen molar-refractivity contribution in [1.29, 1.82) is 0 Å². The van der Waals surface area contributed by atoms with Gasteiger partial charge in [-0.25, -0.2) is 15.0 Å². The number of carboxylic acid groups (broad SMARTS) is 1. The first kappa shape index (κ1) is 25.4. The molecule has 11 heteroatoms. The van der Waals surface area contributed by atoms with Gasteiger partial charge in [-0.1, -0.05) is 6.92 Å². The molecule has 3 heterocycles. The van der Waals surface area contributed by atoms with Crippen molar-refractivity contribution >= 4 is 24.0 Å². The number of fused-ring (bicyclic) bond motifs is 1. The van der Waals surface area contributed by atoms with Crippen LogP contribution in [0.2, 0.25) is 0 Å². The molecule has 2 aliphatic rings. The molecule has 0 aromatic carbocycles. The Bertz CT molecular complexity index is 951. The Hall–Kier alpha value is -3.21. The number of anilines is 2. The summed E-state index contributed by atoms with van der Waals surface area (Å²) in [5.74, 6) is 3.54. The van der Waals surface area contributed by atoms with Gasteiger partial charge in [0.05, 0.1) is 12.1 Å². The van der Waals surface area contributed by atoms with Crippen LogP contribution in [0, 0.1) is 11.8 Å². The lowest BCUT2D eigenvalue weighted by Gasteiger charge is -2.35. The minimum atomic E-state index is -0.514. The maximum atomic E-state index is 12.6. The number of aliphatic hydroxyl groups is 1. The highest BCUT2D eigenvalue weighted by Crippen LogP contribution is 2.39. The Morgan fingerprint density at radius 1 is 1.18 bits per heavy atom. The monoisotopic (exact) mass is 473 g/mol. The lowest BCUT2D eigenvalue weighted by Crippen LogP contribution is -2.49. The van der Waals surface area contributed by atoms with Crippen molar-refractivity contribution in [3.8, 4) is 0 Å². The number of hydrogen-bond acceptors (Lipinski definition) is 8. The van der Waals surface area contributed by atoms with Gasteiger partial charge in [0, 0.05) is 71.4 Å². The van der Waals surface area contributed by atoms with E-state index in [1.807, 2.05) is 29.8 Å². The van der Waals surface area contributed by atoms with E-state index in [1.165, 1.54) is 0 Å². The van der Waals surface area contributed by atoms with Gasteiger partial charge in [0.2, 0.25) is 5.91 Å². The first-order valence-corrected chi connectivity index (χ1v) is 11.7. The van der Waals surface area contributed by atoms with E-state index < -0.39 is 6.10 Å². The minimum Gasteiger partial charge on any atom is -0.483 e. The van der Waals surface area contributed by atoms with Gasteiger partial charge in [-0.05, 0) is 24.7 Å². The topological polar surface area (TPSA) is 137 Å². The zero-order chi connectivity index (χ0) is 24.7. The van der Waals surface area contributed by atoms with Crippen molar-refractivity contribution in [2.75, 3.05) is 37.0 Å². The lowest BCUT2D eigenvalue weighted by atomic mass is 9.77. The van der Waals surface area contributed by atoms with Crippen LogP contribution in [0.3, 0.4) is 0 Å². The third-order valence-corrected chi connectivity index (χ3v) is 6.57. The smallest absolute Gasteiger partial charge is 0.290 e. The second kappa shape index (κ2) is 11.8. The van der Waals surface area contributed by atoms with Crippen molar-refractivity contribution in [3.63, 3.8) is 0 Å². The average molecular weight is 474 g/mol. The van der Waals surface area contributed by atoms with Crippen LogP contribution in [0.4, 0.5) is 11.6 Å². The van der Waals surface area contributed by atoms with E-state index in [0.717, 1.165) is 43.4 Å².